The fourth-order valence-electron chi connectivity index (χ4n) is 7.75. The molecule has 308 valence electrons. The normalized spacial score (nSPS) is 34.4. The van der Waals surface area contributed by atoms with Crippen LogP contribution in [0.15, 0.2) is 94.9 Å². The summed E-state index contributed by atoms with van der Waals surface area (Å²) in [5.74, 6) is -11.0. The van der Waals surface area contributed by atoms with Crippen molar-refractivity contribution in [2.45, 2.75) is 114 Å². The van der Waals surface area contributed by atoms with Crippen molar-refractivity contribution in [3.05, 3.63) is 94.9 Å². The van der Waals surface area contributed by atoms with E-state index in [-0.39, 0.29) is 48.0 Å². The van der Waals surface area contributed by atoms with Gasteiger partial charge < -0.3 is 48.1 Å². The predicted molar refractivity (Wildman–Crippen MR) is 195 cm³/mol. The minimum atomic E-state index is -1.60. The number of aliphatic hydroxyl groups excluding tert-OH is 2. The maximum atomic E-state index is 12.9. The second-order valence-electron chi connectivity index (χ2n) is 15.6. The third-order valence-corrected chi connectivity index (χ3v) is 11.4. The largest absolute Gasteiger partial charge is 0.480 e. The molecule has 16 heteroatoms. The third-order valence-electron chi connectivity index (χ3n) is 11.4. The van der Waals surface area contributed by atoms with Gasteiger partial charge in [0.1, 0.15) is 22.3 Å². The van der Waals surface area contributed by atoms with Crippen LogP contribution in [-0.4, -0.2) is 69.2 Å². The number of aliphatic hydroxyl groups is 2. The van der Waals surface area contributed by atoms with Crippen LogP contribution in [0.25, 0.3) is 0 Å². The molecule has 5 fully saturated rings. The molecule has 2 N–H and O–H groups in total. The lowest BCUT2D eigenvalue weighted by Gasteiger charge is -2.46. The van der Waals surface area contributed by atoms with E-state index in [0.29, 0.717) is 37.5 Å². The van der Waals surface area contributed by atoms with Crippen LogP contribution in [0.3, 0.4) is 0 Å². The Morgan fingerprint density at radius 2 is 0.707 bits per heavy atom. The van der Waals surface area contributed by atoms with Crippen molar-refractivity contribution in [2.75, 3.05) is 0 Å². The molecule has 0 bridgehead atoms. The average molecular weight is 805 g/mol. The summed E-state index contributed by atoms with van der Waals surface area (Å²) in [6, 6.07) is 0. The van der Waals surface area contributed by atoms with Gasteiger partial charge >= 0.3 is 35.8 Å². The number of allylic oxidation sites excluding steroid dienone is 8. The van der Waals surface area contributed by atoms with Crippen LogP contribution in [0.5, 0.6) is 0 Å². The summed E-state index contributed by atoms with van der Waals surface area (Å²) in [5.41, 5.74) is -1.14. The lowest BCUT2D eigenvalue weighted by Crippen LogP contribution is -2.53. The van der Waals surface area contributed by atoms with Gasteiger partial charge in [-0.25, -0.2) is 28.8 Å². The monoisotopic (exact) mass is 804 g/mol. The molecule has 2 saturated heterocycles. The maximum Gasteiger partial charge on any atom is 0.348 e. The molecule has 0 unspecified atom stereocenters. The van der Waals surface area contributed by atoms with Gasteiger partial charge in [-0.15, -0.1) is 0 Å². The summed E-state index contributed by atoms with van der Waals surface area (Å²) in [7, 11) is 0. The highest BCUT2D eigenvalue weighted by Gasteiger charge is 2.55. The number of carbonyl (C=O) groups excluding carboxylic acids is 6. The third kappa shape index (κ3) is 8.31. The van der Waals surface area contributed by atoms with Crippen molar-refractivity contribution in [2.24, 2.45) is 11.8 Å². The number of hydrogen-bond donors (Lipinski definition) is 2. The molecule has 16 nitrogen and oxygen atoms in total. The quantitative estimate of drug-likeness (QED) is 0.108. The zero-order valence-electron chi connectivity index (χ0n) is 32.0. The van der Waals surface area contributed by atoms with E-state index in [9.17, 15) is 39.0 Å². The molecule has 4 aliphatic heterocycles. The summed E-state index contributed by atoms with van der Waals surface area (Å²) in [6.45, 7) is 4.17. The Bertz CT molecular complexity index is 1830. The summed E-state index contributed by atoms with van der Waals surface area (Å²) in [5, 5.41) is 21.3. The van der Waals surface area contributed by atoms with Gasteiger partial charge in [-0.1, -0.05) is 50.3 Å². The first-order chi connectivity index (χ1) is 27.6. The van der Waals surface area contributed by atoms with Crippen molar-refractivity contribution in [3.8, 4) is 0 Å². The van der Waals surface area contributed by atoms with E-state index < -0.39 is 70.9 Å². The van der Waals surface area contributed by atoms with Crippen LogP contribution in [0.1, 0.15) is 90.9 Å². The van der Waals surface area contributed by atoms with Gasteiger partial charge in [0.2, 0.25) is 0 Å². The number of ether oxygens (including phenoxy) is 8. The molecular formula is C42H44O16. The summed E-state index contributed by atoms with van der Waals surface area (Å²) in [4.78, 5) is 76.2. The van der Waals surface area contributed by atoms with Gasteiger partial charge in [-0.2, -0.15) is 0 Å². The van der Waals surface area contributed by atoms with E-state index in [0.717, 1.165) is 25.7 Å². The highest BCUT2D eigenvalue weighted by molar-refractivity contribution is 6.16. The van der Waals surface area contributed by atoms with Gasteiger partial charge in [0, 0.05) is 51.4 Å². The van der Waals surface area contributed by atoms with Crippen molar-refractivity contribution < 1.29 is 76.9 Å². The molecular weight excluding hydrogens is 760 g/mol. The lowest BCUT2D eigenvalue weighted by molar-refractivity contribution is -0.302. The van der Waals surface area contributed by atoms with Gasteiger partial charge in [-0.05, 0) is 61.8 Å². The number of carbonyl (C=O) groups is 6. The molecule has 0 aromatic carbocycles. The number of hydrogen-bond acceptors (Lipinski definition) is 16. The Morgan fingerprint density at radius 3 is 1.02 bits per heavy atom. The zero-order valence-corrected chi connectivity index (χ0v) is 32.0. The van der Waals surface area contributed by atoms with E-state index in [2.05, 4.69) is 13.8 Å². The summed E-state index contributed by atoms with van der Waals surface area (Å²) in [6.07, 6.45) is 17.8. The van der Waals surface area contributed by atoms with E-state index in [4.69, 9.17) is 37.9 Å². The second kappa shape index (κ2) is 15.7. The Morgan fingerprint density at radius 1 is 0.414 bits per heavy atom. The van der Waals surface area contributed by atoms with Gasteiger partial charge in [0.25, 0.3) is 35.0 Å². The first-order valence-electron chi connectivity index (χ1n) is 19.4. The molecule has 7 rings (SSSR count). The van der Waals surface area contributed by atoms with Gasteiger partial charge in [-0.3, -0.25) is 0 Å². The smallest absolute Gasteiger partial charge is 0.348 e. The molecule has 0 radical (unpaired) electrons. The Kier molecular flexibility index (Phi) is 10.9. The highest BCUT2D eigenvalue weighted by Crippen LogP contribution is 2.47. The average Bonchev–Trinajstić information content (AvgIpc) is 3.16. The lowest BCUT2D eigenvalue weighted by atomic mass is 9.86. The van der Waals surface area contributed by atoms with Crippen LogP contribution in [0, 0.1) is 11.8 Å². The molecule has 0 amide bonds. The Labute approximate surface area is 333 Å². The van der Waals surface area contributed by atoms with E-state index in [1.54, 1.807) is 0 Å². The first kappa shape index (κ1) is 40.1. The highest BCUT2D eigenvalue weighted by atomic mass is 16.8. The van der Waals surface area contributed by atoms with Crippen molar-refractivity contribution in [1.82, 2.24) is 0 Å². The van der Waals surface area contributed by atoms with Crippen LogP contribution in [0.4, 0.5) is 0 Å². The van der Waals surface area contributed by atoms with E-state index in [1.807, 2.05) is 0 Å². The molecule has 3 saturated carbocycles. The SMILES string of the molecule is CC1CCC2(CC1)OC(=O)C(=C/C=C/C=C/C1=C(O)OC3(CCC4(CC3)OC(=O)C(/C=C/C=C/C=C3C(=O)OC5(CCC(C)CC5)OC3=O)=C(O)O4)OC1=O)C(=O)O2. The van der Waals surface area contributed by atoms with Crippen molar-refractivity contribution >= 4 is 35.8 Å². The zero-order chi connectivity index (χ0) is 41.3. The Hall–Kier alpha value is -6.06. The number of esters is 6. The minimum absolute atomic E-state index is 0.0754. The van der Waals surface area contributed by atoms with Crippen molar-refractivity contribution in [1.29, 1.82) is 0 Å². The molecule has 4 heterocycles. The standard InChI is InChI=1S/C42H44O16/c1-25-13-17-39(18-14-25)51-31(43)27(32(44)52-39)9-5-3-7-11-29-35(47)55-41(56-36(29)48)21-23-42(24-22-41)57-37(49)30(38(50)58-42)12-8-4-6-10-28-33(45)53-40(54-34(28)46)19-15-26(2)16-20-40/h3-12,25-26,47,49H,13-24H2,1-2H3/b5-3+,6-4+,11-7+,12-8+,27-9?,28-10?. The first-order valence-corrected chi connectivity index (χ1v) is 19.4. The van der Waals surface area contributed by atoms with Crippen LogP contribution >= 0.6 is 0 Å². The number of rotatable bonds is 6. The fraction of sp³-hybridized carbons (Fsp3) is 0.476. The molecule has 0 aromatic heterocycles. The van der Waals surface area contributed by atoms with E-state index in [1.165, 1.54) is 60.8 Å². The second-order valence-corrected chi connectivity index (χ2v) is 15.6. The summed E-state index contributed by atoms with van der Waals surface area (Å²) >= 11 is 0. The van der Waals surface area contributed by atoms with Crippen LogP contribution < -0.4 is 0 Å². The topological polar surface area (TPSA) is 217 Å². The minimum Gasteiger partial charge on any atom is -0.480 e. The maximum absolute atomic E-state index is 12.9. The van der Waals surface area contributed by atoms with Crippen LogP contribution in [0.2, 0.25) is 0 Å². The van der Waals surface area contributed by atoms with Gasteiger partial charge in [0.15, 0.2) is 0 Å². The molecule has 4 spiro atoms. The molecule has 58 heavy (non-hydrogen) atoms. The molecule has 0 aromatic rings. The predicted octanol–water partition coefficient (Wildman–Crippen LogP) is 5.73. The molecule has 7 aliphatic rings. The van der Waals surface area contributed by atoms with Crippen molar-refractivity contribution in [3.63, 3.8) is 0 Å². The van der Waals surface area contributed by atoms with E-state index >= 15 is 0 Å². The summed E-state index contributed by atoms with van der Waals surface area (Å²) < 4.78 is 44.4. The molecule has 0 atom stereocenters. The van der Waals surface area contributed by atoms with Crippen LogP contribution in [-0.2, 0) is 66.7 Å². The molecule has 3 aliphatic carbocycles. The fourth-order valence-corrected chi connectivity index (χ4v) is 7.75. The Balaban J connectivity index is 0.906. The van der Waals surface area contributed by atoms with Gasteiger partial charge in [0.05, 0.1) is 0 Å².